The number of esters is 1. The second-order valence-corrected chi connectivity index (χ2v) is 24.4. The van der Waals surface area contributed by atoms with Crippen LogP contribution in [0.4, 0.5) is 0 Å². The van der Waals surface area contributed by atoms with Crippen LogP contribution in [-0.2, 0) is 50.5 Å². The number of carbonyl (C=O) groups excluding carboxylic acids is 2. The van der Waals surface area contributed by atoms with Crippen molar-refractivity contribution in [1.82, 2.24) is 0 Å². The molecule has 0 saturated heterocycles. The zero-order valence-corrected chi connectivity index (χ0v) is 58.4. The average Bonchev–Trinajstić information content (AvgIpc) is 0.923. The van der Waals surface area contributed by atoms with E-state index in [0.717, 1.165) is 72.3 Å². The summed E-state index contributed by atoms with van der Waals surface area (Å²) in [6, 6.07) is 9.96. The van der Waals surface area contributed by atoms with Crippen LogP contribution in [0.5, 0.6) is 23.0 Å². The number of unbranched alkanes of at least 4 members (excludes halogenated alkanes) is 36. The highest BCUT2D eigenvalue weighted by Gasteiger charge is 2.18. The van der Waals surface area contributed by atoms with Gasteiger partial charge in [0, 0.05) is 38.1 Å². The van der Waals surface area contributed by atoms with Gasteiger partial charge in [0.2, 0.25) is 6.54 Å². The second kappa shape index (κ2) is 69.0. The third kappa shape index (κ3) is 61.2. The highest BCUT2D eigenvalue weighted by molar-refractivity contribution is 7.79. The Balaban J connectivity index is -0.000000721. The summed E-state index contributed by atoms with van der Waals surface area (Å²) in [4.78, 5) is 28.1. The van der Waals surface area contributed by atoms with Gasteiger partial charge in [0.25, 0.3) is 0 Å². The van der Waals surface area contributed by atoms with Crippen LogP contribution in [0.2, 0.25) is 0 Å². The smallest absolute Gasteiger partial charge is 0.394 e. The van der Waals surface area contributed by atoms with Crippen LogP contribution in [0.1, 0.15) is 335 Å². The molecule has 14 nitrogen and oxygen atoms in total. The van der Waals surface area contributed by atoms with Crippen molar-refractivity contribution in [3.05, 3.63) is 57.9 Å². The minimum absolute atomic E-state index is 0. The monoisotopic (exact) mass is 1280 g/mol. The van der Waals surface area contributed by atoms with E-state index in [9.17, 15) is 14.9 Å². The van der Waals surface area contributed by atoms with Crippen LogP contribution in [-0.4, -0.2) is 82.4 Å². The lowest BCUT2D eigenvalue weighted by Gasteiger charge is -2.17. The summed E-state index contributed by atoms with van der Waals surface area (Å²) in [6.45, 7) is 24.9. The molecule has 3 radical (unpaired) electrons. The first-order valence-electron chi connectivity index (χ1n) is 35.2. The molecule has 0 aliphatic carbocycles. The van der Waals surface area contributed by atoms with E-state index in [1.165, 1.54) is 218 Å². The zero-order valence-electron chi connectivity index (χ0n) is 57.6. The topological polar surface area (TPSA) is 203 Å². The molecule has 3 N–H and O–H groups in total. The summed E-state index contributed by atoms with van der Waals surface area (Å²) >= 11 is 0. The maximum absolute atomic E-state index is 12.4. The lowest BCUT2D eigenvalue weighted by molar-refractivity contribution is -0.142. The van der Waals surface area contributed by atoms with Gasteiger partial charge >= 0.3 is 16.4 Å². The fourth-order valence-corrected chi connectivity index (χ4v) is 10.3. The molecule has 90 heavy (non-hydrogen) atoms. The fraction of sp³-hybridized carbons (Fsp3) is 0.784. The standard InChI is InChI=1S/C37H64O5.C34H56N2O2.C2H6O.CH4.B.H2O4S/c1-5-8-10-12-14-16-18-20-22-24-26-41-35-30-34(31-37(39)40-7-3)36(29-33(35)28-32(4)38)42-27-25-23-21-19-17-15-13-11-9-6-2;1-4-6-8-10-12-14-16-18-20-22-26-37-33-29-32(30-36-3)34(28-31(33)24-25-35)38-27-23-21-19-17-15-13-11-9-7-5-2;1-2-3;;;1-5(2,3)4/h29-30H,5-28,31H2,1-4H3;28-29H,4-24,26-27,30H2,1-2H3;3H,2H2,1H3;1H4;;(H2,1,2,3,4). The van der Waals surface area contributed by atoms with E-state index in [0.29, 0.717) is 57.4 Å². The molecule has 0 aliphatic heterocycles. The Kier molecular flexibility index (Phi) is 70.6. The summed E-state index contributed by atoms with van der Waals surface area (Å²) in [5.41, 5.74) is 3.34. The van der Waals surface area contributed by atoms with Crippen LogP contribution in [0, 0.1) is 17.9 Å². The van der Waals surface area contributed by atoms with Crippen molar-refractivity contribution in [1.29, 1.82) is 5.26 Å². The molecule has 0 aliphatic rings. The Morgan fingerprint density at radius 2 is 0.689 bits per heavy atom. The van der Waals surface area contributed by atoms with Crippen molar-refractivity contribution in [2.45, 2.75) is 339 Å². The van der Waals surface area contributed by atoms with E-state index in [-0.39, 0.29) is 47.2 Å². The molecule has 0 amide bonds. The summed E-state index contributed by atoms with van der Waals surface area (Å²) in [5, 5.41) is 16.9. The van der Waals surface area contributed by atoms with E-state index in [1.807, 2.05) is 31.2 Å². The molecule has 0 fully saturated rings. The molecule has 0 saturated carbocycles. The van der Waals surface area contributed by atoms with E-state index in [4.69, 9.17) is 52.9 Å². The Labute approximate surface area is 554 Å². The molecule has 0 atom stereocenters. The number of benzene rings is 2. The third-order valence-corrected chi connectivity index (χ3v) is 15.1. The van der Waals surface area contributed by atoms with Crippen LogP contribution in [0.25, 0.3) is 4.85 Å². The van der Waals surface area contributed by atoms with Gasteiger partial charge in [-0.2, -0.15) is 13.7 Å². The number of ketones is 1. The molecule has 2 aromatic rings. The van der Waals surface area contributed by atoms with E-state index < -0.39 is 10.4 Å². The van der Waals surface area contributed by atoms with Crippen LogP contribution in [0.3, 0.4) is 0 Å². The second-order valence-electron chi connectivity index (χ2n) is 23.5. The molecule has 2 rings (SSSR count). The number of hydrogen-bond donors (Lipinski definition) is 3. The zero-order chi connectivity index (χ0) is 65.4. The number of aliphatic hydroxyl groups is 1. The minimum atomic E-state index is -4.67. The lowest BCUT2D eigenvalue weighted by atomic mass is 10.0. The van der Waals surface area contributed by atoms with Gasteiger partial charge in [-0.15, -0.1) is 0 Å². The molecular weight excluding hydrogens is 1150 g/mol. The molecule has 0 heterocycles. The molecule has 0 aromatic heterocycles. The predicted molar refractivity (Wildman–Crippen MR) is 376 cm³/mol. The molecular formula is C74H132BN2O12S. The maximum atomic E-state index is 12.4. The van der Waals surface area contributed by atoms with Gasteiger partial charge in [-0.1, -0.05) is 266 Å². The van der Waals surface area contributed by atoms with E-state index in [1.54, 1.807) is 13.8 Å². The van der Waals surface area contributed by atoms with Crippen molar-refractivity contribution >= 4 is 30.6 Å². The van der Waals surface area contributed by atoms with E-state index >= 15 is 0 Å². The largest absolute Gasteiger partial charge is 0.493 e. The number of aliphatic hydroxyl groups excluding tert-OH is 1. The first-order valence-corrected chi connectivity index (χ1v) is 36.6. The quantitative estimate of drug-likeness (QED) is 0.0186. The Morgan fingerprint density at radius 1 is 0.456 bits per heavy atom. The Bertz CT molecular complexity index is 2070. The number of nitriles is 1. The van der Waals surface area contributed by atoms with Gasteiger partial charge in [-0.25, -0.2) is 6.57 Å². The summed E-state index contributed by atoms with van der Waals surface area (Å²) < 4.78 is 61.4. The summed E-state index contributed by atoms with van der Waals surface area (Å²) in [7, 11) is -4.67. The molecule has 0 bridgehead atoms. The molecule has 16 heteroatoms. The predicted octanol–water partition coefficient (Wildman–Crippen LogP) is 20.9. The molecule has 2 aromatic carbocycles. The van der Waals surface area contributed by atoms with E-state index in [2.05, 4.69) is 38.6 Å². The fourth-order valence-electron chi connectivity index (χ4n) is 10.3. The van der Waals surface area contributed by atoms with Gasteiger partial charge in [-0.3, -0.25) is 18.7 Å². The third-order valence-electron chi connectivity index (χ3n) is 15.1. The number of rotatable bonds is 55. The van der Waals surface area contributed by atoms with Crippen LogP contribution >= 0.6 is 0 Å². The van der Waals surface area contributed by atoms with Crippen molar-refractivity contribution in [3.63, 3.8) is 0 Å². The number of nitrogens with zero attached hydrogens (tertiary/aromatic N) is 2. The molecule has 0 unspecified atom stereocenters. The number of Topliss-reactive ketones (excluding diaryl/α,β-unsaturated/α-hetero) is 1. The lowest BCUT2D eigenvalue weighted by Crippen LogP contribution is -2.11. The molecule has 0 spiro atoms. The number of carbonyl (C=O) groups is 2. The Hall–Kier alpha value is -4.35. The average molecular weight is 1280 g/mol. The van der Waals surface area contributed by atoms with Gasteiger partial charge in [-0.05, 0) is 70.7 Å². The van der Waals surface area contributed by atoms with Crippen molar-refractivity contribution < 1.29 is 55.9 Å². The first-order chi connectivity index (χ1) is 42.7. The number of ether oxygens (including phenoxy) is 5. The van der Waals surface area contributed by atoms with Gasteiger partial charge in [0.05, 0.1) is 57.5 Å². The van der Waals surface area contributed by atoms with Gasteiger partial charge < -0.3 is 33.6 Å². The minimum Gasteiger partial charge on any atom is -0.493 e. The van der Waals surface area contributed by atoms with Gasteiger partial charge in [0.15, 0.2) is 0 Å². The van der Waals surface area contributed by atoms with Crippen LogP contribution < -0.4 is 18.9 Å². The van der Waals surface area contributed by atoms with Crippen molar-refractivity contribution in [3.8, 4) is 29.1 Å². The molecule has 519 valence electrons. The first kappa shape index (κ1) is 92.1. The summed E-state index contributed by atoms with van der Waals surface area (Å²) in [6.07, 6.45) is 52.0. The van der Waals surface area contributed by atoms with Gasteiger partial charge in [0.1, 0.15) is 28.8 Å². The normalized spacial score (nSPS) is 10.5. The maximum Gasteiger partial charge on any atom is 0.394 e. The summed E-state index contributed by atoms with van der Waals surface area (Å²) in [5.74, 6) is 2.65. The highest BCUT2D eigenvalue weighted by Crippen LogP contribution is 2.33. The van der Waals surface area contributed by atoms with Crippen molar-refractivity contribution in [2.75, 3.05) is 39.6 Å². The number of hydrogen-bond acceptors (Lipinski definition) is 11. The van der Waals surface area contributed by atoms with Crippen LogP contribution in [0.15, 0.2) is 24.3 Å². The Morgan fingerprint density at radius 3 is 0.944 bits per heavy atom. The van der Waals surface area contributed by atoms with Crippen molar-refractivity contribution in [2.24, 2.45) is 0 Å². The SMILES string of the molecule is C.CCCCCCCCCCCCOc1cc(CC(=O)OCC)c(OCCCCCCCCCCCC)cc1CC(C)=O.CCO.O=S(=O)(O)O.[B].[C-]#[N+]Cc1cc(OCCCCCCCCCCCC)c(CC#N)cc1OCCCCCCCCCCCC. The highest BCUT2D eigenvalue weighted by atomic mass is 32.3.